The zero-order valence-corrected chi connectivity index (χ0v) is 13.8. The summed E-state index contributed by atoms with van der Waals surface area (Å²) in [6.45, 7) is 2.99. The minimum Gasteiger partial charge on any atom is -0.481 e. The van der Waals surface area contributed by atoms with Gasteiger partial charge in [0.25, 0.3) is 0 Å². The van der Waals surface area contributed by atoms with Gasteiger partial charge in [0.15, 0.2) is 0 Å². The molecule has 1 heterocycles. The number of piperidine rings is 1. The zero-order valence-electron chi connectivity index (χ0n) is 13.8. The summed E-state index contributed by atoms with van der Waals surface area (Å²) in [5.74, 6) is 8.32. The van der Waals surface area contributed by atoms with E-state index >= 15 is 0 Å². The molecule has 3 heteroatoms. The number of nitrogens with one attached hydrogen (secondary N) is 1. The maximum absolute atomic E-state index is 5.66. The quantitative estimate of drug-likeness (QED) is 0.853. The van der Waals surface area contributed by atoms with Crippen LogP contribution < -0.4 is 14.8 Å². The van der Waals surface area contributed by atoms with Crippen molar-refractivity contribution >= 4 is 0 Å². The van der Waals surface area contributed by atoms with Crippen molar-refractivity contribution in [3.05, 3.63) is 60.2 Å². The van der Waals surface area contributed by atoms with Crippen molar-refractivity contribution < 1.29 is 9.47 Å². The lowest BCUT2D eigenvalue weighted by molar-refractivity contribution is 0.362. The van der Waals surface area contributed by atoms with E-state index in [0.717, 1.165) is 24.6 Å². The van der Waals surface area contributed by atoms with Gasteiger partial charge in [-0.2, -0.15) is 0 Å². The first kappa shape index (κ1) is 16.4. The fraction of sp³-hybridized carbons (Fsp3) is 0.333. The van der Waals surface area contributed by atoms with E-state index in [9.17, 15) is 0 Å². The molecule has 1 N–H and O–H groups in total. The van der Waals surface area contributed by atoms with Gasteiger partial charge < -0.3 is 14.8 Å². The largest absolute Gasteiger partial charge is 0.481 e. The molecule has 0 aliphatic carbocycles. The van der Waals surface area contributed by atoms with Crippen molar-refractivity contribution in [2.45, 2.75) is 18.8 Å². The Kier molecular flexibility index (Phi) is 6.16. The van der Waals surface area contributed by atoms with Crippen LogP contribution in [-0.2, 0) is 0 Å². The Bertz CT molecular complexity index is 664. The van der Waals surface area contributed by atoms with E-state index in [-0.39, 0.29) is 0 Å². The highest BCUT2D eigenvalue weighted by atomic mass is 16.5. The highest BCUT2D eigenvalue weighted by Gasteiger charge is 2.14. The van der Waals surface area contributed by atoms with Crippen molar-refractivity contribution in [1.82, 2.24) is 5.32 Å². The Hall–Kier alpha value is -2.44. The van der Waals surface area contributed by atoms with Crippen molar-refractivity contribution in [1.29, 1.82) is 0 Å². The summed E-state index contributed by atoms with van der Waals surface area (Å²) < 4.78 is 11.2. The van der Waals surface area contributed by atoms with Crippen LogP contribution in [0.15, 0.2) is 54.6 Å². The minimum atomic E-state index is 0.377. The molecule has 24 heavy (non-hydrogen) atoms. The smallest absolute Gasteiger partial charge is 0.149 e. The molecule has 0 radical (unpaired) electrons. The molecule has 0 bridgehead atoms. The van der Waals surface area contributed by atoms with Crippen LogP contribution in [0, 0.1) is 11.8 Å². The van der Waals surface area contributed by atoms with Gasteiger partial charge in [0.1, 0.15) is 24.7 Å². The molecule has 1 aliphatic rings. The van der Waals surface area contributed by atoms with Gasteiger partial charge in [-0.3, -0.25) is 0 Å². The Labute approximate surface area is 144 Å². The molecule has 0 atom stereocenters. The lowest BCUT2D eigenvalue weighted by Crippen LogP contribution is -2.26. The Morgan fingerprint density at radius 3 is 2.00 bits per heavy atom. The van der Waals surface area contributed by atoms with Gasteiger partial charge in [-0.1, -0.05) is 42.2 Å². The fourth-order valence-corrected chi connectivity index (χ4v) is 2.85. The summed E-state index contributed by atoms with van der Waals surface area (Å²) in [5, 5.41) is 3.40. The highest BCUT2D eigenvalue weighted by Crippen LogP contribution is 2.26. The van der Waals surface area contributed by atoms with Crippen LogP contribution in [0.4, 0.5) is 0 Å². The molecule has 0 amide bonds. The molecule has 0 spiro atoms. The van der Waals surface area contributed by atoms with Gasteiger partial charge >= 0.3 is 0 Å². The first-order valence-corrected chi connectivity index (χ1v) is 8.49. The van der Waals surface area contributed by atoms with Gasteiger partial charge in [0, 0.05) is 0 Å². The number of hydrogen-bond acceptors (Lipinski definition) is 3. The standard InChI is InChI=1S/C21H23NO2/c1-2-6-20(7-3-1)23-16-4-5-17-24-21-10-8-18(9-11-21)19-12-14-22-15-13-19/h1-3,6-11,19,22H,12-17H2. The first-order chi connectivity index (χ1) is 11.9. The van der Waals surface area contributed by atoms with Gasteiger partial charge in [-0.15, -0.1) is 0 Å². The number of ether oxygens (including phenoxy) is 2. The van der Waals surface area contributed by atoms with Crippen LogP contribution in [0.5, 0.6) is 11.5 Å². The van der Waals surface area contributed by atoms with E-state index in [1.165, 1.54) is 18.4 Å². The first-order valence-electron chi connectivity index (χ1n) is 8.49. The van der Waals surface area contributed by atoms with E-state index in [0.29, 0.717) is 19.1 Å². The summed E-state index contributed by atoms with van der Waals surface area (Å²) in [4.78, 5) is 0. The van der Waals surface area contributed by atoms with Crippen LogP contribution >= 0.6 is 0 Å². The summed E-state index contributed by atoms with van der Waals surface area (Å²) in [6, 6.07) is 18.1. The zero-order chi connectivity index (χ0) is 16.5. The highest BCUT2D eigenvalue weighted by molar-refractivity contribution is 5.30. The number of benzene rings is 2. The molecular weight excluding hydrogens is 298 g/mol. The lowest BCUT2D eigenvalue weighted by Gasteiger charge is -2.23. The molecule has 0 aromatic heterocycles. The summed E-state index contributed by atoms with van der Waals surface area (Å²) in [5.41, 5.74) is 1.41. The second-order valence-electron chi connectivity index (χ2n) is 5.84. The van der Waals surface area contributed by atoms with Crippen LogP contribution in [-0.4, -0.2) is 26.3 Å². The SMILES string of the molecule is C(#CCOc1ccc(C2CCNCC2)cc1)COc1ccccc1. The molecule has 0 saturated carbocycles. The molecule has 0 unspecified atom stereocenters. The van der Waals surface area contributed by atoms with Gasteiger partial charge in [0.05, 0.1) is 0 Å². The topological polar surface area (TPSA) is 30.5 Å². The summed E-state index contributed by atoms with van der Waals surface area (Å²) >= 11 is 0. The molecular formula is C21H23NO2. The predicted molar refractivity (Wildman–Crippen MR) is 96.5 cm³/mol. The Balaban J connectivity index is 1.40. The lowest BCUT2D eigenvalue weighted by atomic mass is 9.90. The molecule has 1 fully saturated rings. The van der Waals surface area contributed by atoms with Crippen LogP contribution in [0.25, 0.3) is 0 Å². The van der Waals surface area contributed by atoms with Crippen molar-refractivity contribution in [2.75, 3.05) is 26.3 Å². The average molecular weight is 321 g/mol. The van der Waals surface area contributed by atoms with Crippen molar-refractivity contribution in [2.24, 2.45) is 0 Å². The third-order valence-corrected chi connectivity index (χ3v) is 4.18. The van der Waals surface area contributed by atoms with Crippen molar-refractivity contribution in [3.63, 3.8) is 0 Å². The van der Waals surface area contributed by atoms with E-state index in [2.05, 4.69) is 29.3 Å². The van der Waals surface area contributed by atoms with E-state index in [1.54, 1.807) is 0 Å². The molecule has 2 aromatic rings. The van der Waals surface area contributed by atoms with Gasteiger partial charge in [-0.25, -0.2) is 0 Å². The van der Waals surface area contributed by atoms with Crippen LogP contribution in [0.2, 0.25) is 0 Å². The molecule has 1 aliphatic heterocycles. The monoisotopic (exact) mass is 321 g/mol. The fourth-order valence-electron chi connectivity index (χ4n) is 2.85. The molecule has 124 valence electrons. The maximum Gasteiger partial charge on any atom is 0.149 e. The van der Waals surface area contributed by atoms with Crippen LogP contribution in [0.1, 0.15) is 24.3 Å². The van der Waals surface area contributed by atoms with E-state index < -0.39 is 0 Å². The maximum atomic E-state index is 5.66. The van der Waals surface area contributed by atoms with E-state index in [1.807, 2.05) is 42.5 Å². The minimum absolute atomic E-state index is 0.377. The third-order valence-electron chi connectivity index (χ3n) is 4.18. The van der Waals surface area contributed by atoms with Gasteiger partial charge in [0.2, 0.25) is 0 Å². The second kappa shape index (κ2) is 9.00. The van der Waals surface area contributed by atoms with Gasteiger partial charge in [-0.05, 0) is 61.7 Å². The molecule has 1 saturated heterocycles. The molecule has 3 nitrogen and oxygen atoms in total. The summed E-state index contributed by atoms with van der Waals surface area (Å²) in [6.07, 6.45) is 2.43. The third kappa shape index (κ3) is 5.04. The van der Waals surface area contributed by atoms with E-state index in [4.69, 9.17) is 9.47 Å². The predicted octanol–water partition coefficient (Wildman–Crippen LogP) is 3.61. The summed E-state index contributed by atoms with van der Waals surface area (Å²) in [7, 11) is 0. The van der Waals surface area contributed by atoms with Crippen LogP contribution in [0.3, 0.4) is 0 Å². The normalized spacial score (nSPS) is 14.5. The molecule has 3 rings (SSSR count). The number of para-hydroxylation sites is 1. The Morgan fingerprint density at radius 2 is 1.38 bits per heavy atom. The van der Waals surface area contributed by atoms with Crippen molar-refractivity contribution in [3.8, 4) is 23.3 Å². The average Bonchev–Trinajstić information content (AvgIpc) is 2.67. The molecule has 2 aromatic carbocycles. The number of rotatable bonds is 5. The second-order valence-corrected chi connectivity index (χ2v) is 5.84. The number of hydrogen-bond donors (Lipinski definition) is 1. The Morgan fingerprint density at radius 1 is 0.792 bits per heavy atom.